The summed E-state index contributed by atoms with van der Waals surface area (Å²) in [6.07, 6.45) is 1.18. The Morgan fingerprint density at radius 1 is 1.52 bits per heavy atom. The molecule has 0 spiro atoms. The Morgan fingerprint density at radius 3 is 2.71 bits per heavy atom. The molecule has 0 bridgehead atoms. The lowest BCUT2D eigenvalue weighted by Crippen LogP contribution is -2.47. The molecular formula is C13H20N4O4. The topological polar surface area (TPSA) is 105 Å². The molecule has 8 heteroatoms. The lowest BCUT2D eigenvalue weighted by Gasteiger charge is -2.28. The third-order valence-electron chi connectivity index (χ3n) is 2.78. The van der Waals surface area contributed by atoms with Gasteiger partial charge in [-0.15, -0.1) is 0 Å². The van der Waals surface area contributed by atoms with E-state index in [-0.39, 0.29) is 13.2 Å². The van der Waals surface area contributed by atoms with Gasteiger partial charge in [0.05, 0.1) is 6.04 Å². The monoisotopic (exact) mass is 296 g/mol. The van der Waals surface area contributed by atoms with E-state index in [1.165, 1.54) is 11.0 Å². The lowest BCUT2D eigenvalue weighted by atomic mass is 10.1. The molecule has 2 atom stereocenters. The van der Waals surface area contributed by atoms with Crippen molar-refractivity contribution >= 4 is 12.1 Å². The Morgan fingerprint density at radius 2 is 2.19 bits per heavy atom. The van der Waals surface area contributed by atoms with Crippen LogP contribution in [-0.4, -0.2) is 47.8 Å². The van der Waals surface area contributed by atoms with E-state index in [0.29, 0.717) is 6.42 Å². The van der Waals surface area contributed by atoms with Crippen LogP contribution < -0.4 is 0 Å². The van der Waals surface area contributed by atoms with Crippen molar-refractivity contribution in [1.29, 1.82) is 0 Å². The van der Waals surface area contributed by atoms with E-state index in [9.17, 15) is 9.59 Å². The van der Waals surface area contributed by atoms with Crippen molar-refractivity contribution < 1.29 is 19.1 Å². The second-order valence-electron chi connectivity index (χ2n) is 5.60. The number of carbonyl (C=O) groups excluding carboxylic acids is 2. The van der Waals surface area contributed by atoms with Crippen molar-refractivity contribution in [2.45, 2.75) is 44.9 Å². The highest BCUT2D eigenvalue weighted by atomic mass is 16.6. The SMILES string of the molecule is C=CCOC(=O)C1C(N=[N+]=[N-])CCN1C(=O)OC(C)(C)C. The molecule has 1 rings (SSSR count). The molecule has 0 aromatic heterocycles. The van der Waals surface area contributed by atoms with Crippen molar-refractivity contribution in [3.05, 3.63) is 23.1 Å². The molecule has 0 aromatic rings. The zero-order valence-corrected chi connectivity index (χ0v) is 12.5. The van der Waals surface area contributed by atoms with Crippen molar-refractivity contribution in [3.63, 3.8) is 0 Å². The summed E-state index contributed by atoms with van der Waals surface area (Å²) in [5.41, 5.74) is 7.89. The molecule has 0 saturated carbocycles. The summed E-state index contributed by atoms with van der Waals surface area (Å²) in [6.45, 7) is 8.95. The molecular weight excluding hydrogens is 276 g/mol. The average molecular weight is 296 g/mol. The minimum atomic E-state index is -0.962. The molecule has 1 saturated heterocycles. The van der Waals surface area contributed by atoms with Gasteiger partial charge in [0.1, 0.15) is 18.2 Å². The molecule has 0 radical (unpaired) electrons. The van der Waals surface area contributed by atoms with Gasteiger partial charge in [-0.05, 0) is 32.7 Å². The van der Waals surface area contributed by atoms with E-state index in [1.54, 1.807) is 20.8 Å². The second-order valence-corrected chi connectivity index (χ2v) is 5.60. The number of amides is 1. The lowest BCUT2D eigenvalue weighted by molar-refractivity contribution is -0.147. The van der Waals surface area contributed by atoms with Gasteiger partial charge in [-0.2, -0.15) is 0 Å². The third kappa shape index (κ3) is 4.68. The van der Waals surface area contributed by atoms with E-state index in [1.807, 2.05) is 0 Å². The quantitative estimate of drug-likeness (QED) is 0.261. The molecule has 116 valence electrons. The molecule has 1 amide bonds. The molecule has 1 heterocycles. The smallest absolute Gasteiger partial charge is 0.411 e. The summed E-state index contributed by atoms with van der Waals surface area (Å²) in [5, 5.41) is 3.57. The Labute approximate surface area is 123 Å². The zero-order chi connectivity index (χ0) is 16.0. The van der Waals surface area contributed by atoms with E-state index in [4.69, 9.17) is 15.0 Å². The molecule has 1 fully saturated rings. The van der Waals surface area contributed by atoms with Gasteiger partial charge in [0, 0.05) is 11.5 Å². The highest BCUT2D eigenvalue weighted by Crippen LogP contribution is 2.25. The summed E-state index contributed by atoms with van der Waals surface area (Å²) in [7, 11) is 0. The maximum absolute atomic E-state index is 12.1. The first-order chi connectivity index (χ1) is 9.80. The highest BCUT2D eigenvalue weighted by molar-refractivity contribution is 5.83. The zero-order valence-electron chi connectivity index (χ0n) is 12.5. The van der Waals surface area contributed by atoms with Gasteiger partial charge in [0.15, 0.2) is 0 Å². The van der Waals surface area contributed by atoms with Crippen LogP contribution in [0.5, 0.6) is 0 Å². The minimum absolute atomic E-state index is 0.0283. The molecule has 1 aliphatic heterocycles. The van der Waals surface area contributed by atoms with Crippen molar-refractivity contribution in [1.82, 2.24) is 4.90 Å². The standard InChI is InChI=1S/C13H20N4O4/c1-5-8-20-11(18)10-9(15-16-14)6-7-17(10)12(19)21-13(2,3)4/h5,9-10H,1,6-8H2,2-4H3. The number of ether oxygens (including phenoxy) is 2. The molecule has 0 aromatic carbocycles. The van der Waals surface area contributed by atoms with Crippen LogP contribution >= 0.6 is 0 Å². The molecule has 1 aliphatic rings. The first kappa shape index (κ1) is 16.8. The molecule has 0 N–H and O–H groups in total. The predicted molar refractivity (Wildman–Crippen MR) is 75.4 cm³/mol. The summed E-state index contributed by atoms with van der Waals surface area (Å²) < 4.78 is 10.2. The van der Waals surface area contributed by atoms with Crippen molar-refractivity contribution in [2.24, 2.45) is 5.11 Å². The van der Waals surface area contributed by atoms with Gasteiger partial charge >= 0.3 is 12.1 Å². The molecule has 2 unspecified atom stereocenters. The minimum Gasteiger partial charge on any atom is -0.460 e. The van der Waals surface area contributed by atoms with Crippen LogP contribution in [0.1, 0.15) is 27.2 Å². The van der Waals surface area contributed by atoms with Gasteiger partial charge in [-0.3, -0.25) is 4.90 Å². The highest BCUT2D eigenvalue weighted by Gasteiger charge is 2.44. The van der Waals surface area contributed by atoms with Crippen molar-refractivity contribution in [2.75, 3.05) is 13.2 Å². The largest absolute Gasteiger partial charge is 0.460 e. The van der Waals surface area contributed by atoms with E-state index in [0.717, 1.165) is 0 Å². The molecule has 21 heavy (non-hydrogen) atoms. The maximum atomic E-state index is 12.1. The number of nitrogens with zero attached hydrogens (tertiary/aromatic N) is 4. The summed E-state index contributed by atoms with van der Waals surface area (Å²) in [4.78, 5) is 28.2. The van der Waals surface area contributed by atoms with Crippen LogP contribution in [0.2, 0.25) is 0 Å². The van der Waals surface area contributed by atoms with Crippen LogP contribution in [-0.2, 0) is 14.3 Å². The maximum Gasteiger partial charge on any atom is 0.411 e. The van der Waals surface area contributed by atoms with E-state index >= 15 is 0 Å². The van der Waals surface area contributed by atoms with Crippen LogP contribution in [0.15, 0.2) is 17.8 Å². The fraction of sp³-hybridized carbons (Fsp3) is 0.692. The Bertz CT molecular complexity index is 465. The molecule has 8 nitrogen and oxygen atoms in total. The second kappa shape index (κ2) is 6.99. The van der Waals surface area contributed by atoms with Crippen LogP contribution in [0.4, 0.5) is 4.79 Å². The van der Waals surface area contributed by atoms with Gasteiger partial charge in [0.2, 0.25) is 0 Å². The van der Waals surface area contributed by atoms with Gasteiger partial charge in [0.25, 0.3) is 0 Å². The summed E-state index contributed by atoms with van der Waals surface area (Å²) >= 11 is 0. The number of esters is 1. The number of azide groups is 1. The van der Waals surface area contributed by atoms with Gasteiger partial charge < -0.3 is 9.47 Å². The van der Waals surface area contributed by atoms with Gasteiger partial charge in [-0.25, -0.2) is 9.59 Å². The fourth-order valence-corrected chi connectivity index (χ4v) is 2.00. The molecule has 0 aliphatic carbocycles. The number of carbonyl (C=O) groups is 2. The van der Waals surface area contributed by atoms with E-state index < -0.39 is 29.7 Å². The van der Waals surface area contributed by atoms with Crippen LogP contribution in [0.3, 0.4) is 0 Å². The predicted octanol–water partition coefficient (Wildman–Crippen LogP) is 2.40. The number of hydrogen-bond acceptors (Lipinski definition) is 5. The number of rotatable bonds is 4. The Hall–Kier alpha value is -2.21. The normalized spacial score (nSPS) is 21.4. The van der Waals surface area contributed by atoms with E-state index in [2.05, 4.69) is 16.6 Å². The summed E-state index contributed by atoms with van der Waals surface area (Å²) in [6, 6.07) is -1.62. The van der Waals surface area contributed by atoms with Crippen LogP contribution in [0, 0.1) is 0 Å². The Balaban J connectivity index is 2.90. The fourth-order valence-electron chi connectivity index (χ4n) is 2.00. The first-order valence-electron chi connectivity index (χ1n) is 6.61. The van der Waals surface area contributed by atoms with Gasteiger partial charge in [-0.1, -0.05) is 17.8 Å². The number of likely N-dealkylation sites (tertiary alicyclic amines) is 1. The average Bonchev–Trinajstić information content (AvgIpc) is 2.78. The van der Waals surface area contributed by atoms with Crippen molar-refractivity contribution in [3.8, 4) is 0 Å². The first-order valence-corrected chi connectivity index (χ1v) is 6.61. The Kier molecular flexibility index (Phi) is 5.60. The van der Waals surface area contributed by atoms with Crippen LogP contribution in [0.25, 0.3) is 10.4 Å². The summed E-state index contributed by atoms with van der Waals surface area (Å²) in [5.74, 6) is -0.629. The number of hydrogen-bond donors (Lipinski definition) is 0. The third-order valence-corrected chi connectivity index (χ3v) is 2.78.